The standard InChI is InChI=1S/C11H7Cl2N3O2/c12-8-3-7(4-9(13)5-8)11-14-6-10(15-11)1-2-16(17)18/h1-6H,(H,14,15). The van der Waals surface area contributed by atoms with E-state index in [1.807, 2.05) is 0 Å². The molecule has 0 unspecified atom stereocenters. The number of aromatic amines is 1. The van der Waals surface area contributed by atoms with Crippen molar-refractivity contribution in [2.45, 2.75) is 0 Å². The molecule has 0 fully saturated rings. The fraction of sp³-hybridized carbons (Fsp3) is 0. The third-order valence-electron chi connectivity index (χ3n) is 2.11. The van der Waals surface area contributed by atoms with Crippen LogP contribution >= 0.6 is 23.2 Å². The van der Waals surface area contributed by atoms with E-state index in [4.69, 9.17) is 23.2 Å². The Balaban J connectivity index is 2.32. The average molecular weight is 284 g/mol. The molecule has 0 saturated heterocycles. The molecular formula is C11H7Cl2N3O2. The van der Waals surface area contributed by atoms with Gasteiger partial charge in [0, 0.05) is 21.7 Å². The first-order chi connectivity index (χ1) is 8.54. The van der Waals surface area contributed by atoms with Crippen molar-refractivity contribution in [1.82, 2.24) is 9.97 Å². The first-order valence-electron chi connectivity index (χ1n) is 4.88. The van der Waals surface area contributed by atoms with Crippen LogP contribution in [0.3, 0.4) is 0 Å². The minimum absolute atomic E-state index is 0.497. The van der Waals surface area contributed by atoms with Gasteiger partial charge in [-0.05, 0) is 18.2 Å². The molecule has 0 aliphatic heterocycles. The SMILES string of the molecule is O=[N+]([O-])C=Cc1cnc(-c2cc(Cl)cc(Cl)c2)[nH]1. The van der Waals surface area contributed by atoms with E-state index < -0.39 is 4.92 Å². The topological polar surface area (TPSA) is 71.8 Å². The molecule has 2 aromatic rings. The van der Waals surface area contributed by atoms with Crippen molar-refractivity contribution in [2.24, 2.45) is 0 Å². The van der Waals surface area contributed by atoms with Gasteiger partial charge in [-0.3, -0.25) is 10.1 Å². The summed E-state index contributed by atoms with van der Waals surface area (Å²) >= 11 is 11.8. The second-order valence-corrected chi connectivity index (χ2v) is 4.32. The quantitative estimate of drug-likeness (QED) is 0.691. The van der Waals surface area contributed by atoms with Gasteiger partial charge >= 0.3 is 0 Å². The maximum absolute atomic E-state index is 10.2. The number of aromatic nitrogens is 2. The van der Waals surface area contributed by atoms with Gasteiger partial charge in [0.05, 0.1) is 16.8 Å². The molecule has 18 heavy (non-hydrogen) atoms. The summed E-state index contributed by atoms with van der Waals surface area (Å²) in [6.45, 7) is 0. The number of nitrogens with zero attached hydrogens (tertiary/aromatic N) is 2. The number of hydrogen-bond acceptors (Lipinski definition) is 3. The van der Waals surface area contributed by atoms with Crippen LogP contribution in [0.4, 0.5) is 0 Å². The lowest BCUT2D eigenvalue weighted by atomic mass is 10.2. The highest BCUT2D eigenvalue weighted by Crippen LogP contribution is 2.25. The molecule has 0 aliphatic rings. The molecule has 0 aliphatic carbocycles. The normalized spacial score (nSPS) is 11.0. The summed E-state index contributed by atoms with van der Waals surface area (Å²) < 4.78 is 0. The molecule has 0 atom stereocenters. The number of rotatable bonds is 3. The van der Waals surface area contributed by atoms with E-state index in [0.717, 1.165) is 6.20 Å². The fourth-order valence-electron chi connectivity index (χ4n) is 1.40. The summed E-state index contributed by atoms with van der Waals surface area (Å²) in [6, 6.07) is 5.02. The second kappa shape index (κ2) is 5.20. The van der Waals surface area contributed by atoms with Crippen LogP contribution in [-0.4, -0.2) is 14.9 Å². The number of halogens is 2. The smallest absolute Gasteiger partial charge is 0.236 e. The molecule has 1 N–H and O–H groups in total. The van der Waals surface area contributed by atoms with Gasteiger partial charge in [-0.2, -0.15) is 0 Å². The number of benzene rings is 1. The summed E-state index contributed by atoms with van der Waals surface area (Å²) in [6.07, 6.45) is 3.65. The van der Waals surface area contributed by atoms with E-state index >= 15 is 0 Å². The fourth-order valence-corrected chi connectivity index (χ4v) is 1.92. The Morgan fingerprint density at radius 1 is 1.28 bits per heavy atom. The molecule has 7 heteroatoms. The lowest BCUT2D eigenvalue weighted by Crippen LogP contribution is -1.83. The van der Waals surface area contributed by atoms with Crippen LogP contribution < -0.4 is 0 Å². The van der Waals surface area contributed by atoms with Crippen molar-refractivity contribution in [3.05, 3.63) is 56.4 Å². The molecule has 0 radical (unpaired) electrons. The Bertz CT molecular complexity index is 602. The van der Waals surface area contributed by atoms with Gasteiger partial charge in [0.15, 0.2) is 0 Å². The lowest BCUT2D eigenvalue weighted by Gasteiger charge is -1.99. The van der Waals surface area contributed by atoms with E-state index in [0.29, 0.717) is 27.1 Å². The van der Waals surface area contributed by atoms with E-state index in [9.17, 15) is 10.1 Å². The van der Waals surface area contributed by atoms with Gasteiger partial charge < -0.3 is 4.98 Å². The molecule has 1 aromatic heterocycles. The summed E-state index contributed by atoms with van der Waals surface area (Å²) in [5.74, 6) is 0.544. The van der Waals surface area contributed by atoms with Gasteiger partial charge in [-0.15, -0.1) is 0 Å². The van der Waals surface area contributed by atoms with E-state index in [1.165, 1.54) is 12.3 Å². The van der Waals surface area contributed by atoms with Crippen LogP contribution in [0, 0.1) is 10.1 Å². The highest BCUT2D eigenvalue weighted by Gasteiger charge is 2.05. The highest BCUT2D eigenvalue weighted by atomic mass is 35.5. The summed E-state index contributed by atoms with van der Waals surface area (Å²) in [5, 5.41) is 11.2. The van der Waals surface area contributed by atoms with Crippen LogP contribution in [0.25, 0.3) is 17.5 Å². The minimum Gasteiger partial charge on any atom is -0.338 e. The van der Waals surface area contributed by atoms with Gasteiger partial charge in [-0.25, -0.2) is 4.98 Å². The van der Waals surface area contributed by atoms with Gasteiger partial charge in [0.25, 0.3) is 0 Å². The zero-order chi connectivity index (χ0) is 13.1. The van der Waals surface area contributed by atoms with Crippen molar-refractivity contribution < 1.29 is 4.92 Å². The molecular weight excluding hydrogens is 277 g/mol. The predicted molar refractivity (Wildman–Crippen MR) is 70.1 cm³/mol. The third kappa shape index (κ3) is 3.09. The molecule has 0 bridgehead atoms. The van der Waals surface area contributed by atoms with Crippen LogP contribution in [-0.2, 0) is 0 Å². The molecule has 0 saturated carbocycles. The Morgan fingerprint density at radius 2 is 1.94 bits per heavy atom. The highest BCUT2D eigenvalue weighted by molar-refractivity contribution is 6.35. The van der Waals surface area contributed by atoms with Gasteiger partial charge in [0.1, 0.15) is 5.82 Å². The Labute approximate surface area is 112 Å². The summed E-state index contributed by atoms with van der Waals surface area (Å²) in [7, 11) is 0. The second-order valence-electron chi connectivity index (χ2n) is 3.45. The van der Waals surface area contributed by atoms with E-state index in [2.05, 4.69) is 9.97 Å². The van der Waals surface area contributed by atoms with Crippen LogP contribution in [0.1, 0.15) is 5.69 Å². The van der Waals surface area contributed by atoms with Crippen molar-refractivity contribution in [3.63, 3.8) is 0 Å². The van der Waals surface area contributed by atoms with Crippen molar-refractivity contribution in [1.29, 1.82) is 0 Å². The number of imidazole rings is 1. The molecule has 1 aromatic carbocycles. The maximum atomic E-state index is 10.2. The molecule has 5 nitrogen and oxygen atoms in total. The lowest BCUT2D eigenvalue weighted by molar-refractivity contribution is -0.401. The largest absolute Gasteiger partial charge is 0.338 e. The summed E-state index contributed by atoms with van der Waals surface area (Å²) in [4.78, 5) is 16.7. The Morgan fingerprint density at radius 3 is 2.56 bits per heavy atom. The van der Waals surface area contributed by atoms with Crippen LogP contribution in [0.15, 0.2) is 30.6 Å². The van der Waals surface area contributed by atoms with Crippen molar-refractivity contribution in [3.8, 4) is 11.4 Å². The van der Waals surface area contributed by atoms with E-state index in [-0.39, 0.29) is 0 Å². The number of nitrogens with one attached hydrogen (secondary N) is 1. The predicted octanol–water partition coefficient (Wildman–Crippen LogP) is 3.63. The first-order valence-corrected chi connectivity index (χ1v) is 5.63. The molecule has 92 valence electrons. The third-order valence-corrected chi connectivity index (χ3v) is 2.54. The average Bonchev–Trinajstić information content (AvgIpc) is 2.73. The van der Waals surface area contributed by atoms with Gasteiger partial charge in [-0.1, -0.05) is 23.2 Å². The maximum Gasteiger partial charge on any atom is 0.236 e. The van der Waals surface area contributed by atoms with Crippen LogP contribution in [0.5, 0.6) is 0 Å². The van der Waals surface area contributed by atoms with Crippen molar-refractivity contribution >= 4 is 29.3 Å². The zero-order valence-corrected chi connectivity index (χ0v) is 10.4. The van der Waals surface area contributed by atoms with E-state index in [1.54, 1.807) is 18.2 Å². The Hall–Kier alpha value is -1.85. The minimum atomic E-state index is -0.545. The number of H-pyrrole nitrogens is 1. The number of nitro groups is 1. The molecule has 0 amide bonds. The summed E-state index contributed by atoms with van der Waals surface area (Å²) in [5.41, 5.74) is 1.24. The molecule has 2 rings (SSSR count). The molecule has 0 spiro atoms. The monoisotopic (exact) mass is 283 g/mol. The Kier molecular flexibility index (Phi) is 3.64. The molecule has 1 heterocycles. The zero-order valence-electron chi connectivity index (χ0n) is 8.93. The first kappa shape index (κ1) is 12.6. The number of hydrogen-bond donors (Lipinski definition) is 1. The van der Waals surface area contributed by atoms with Crippen LogP contribution in [0.2, 0.25) is 10.0 Å². The van der Waals surface area contributed by atoms with Gasteiger partial charge in [0.2, 0.25) is 6.20 Å². The van der Waals surface area contributed by atoms with Crippen molar-refractivity contribution in [2.75, 3.05) is 0 Å².